The number of nitro groups is 1. The van der Waals surface area contributed by atoms with Crippen LogP contribution in [0.3, 0.4) is 0 Å². The number of nitro benzene ring substituents is 1. The van der Waals surface area contributed by atoms with E-state index in [1.54, 1.807) is 0 Å². The van der Waals surface area contributed by atoms with Crippen LogP contribution in [0.15, 0.2) is 30.3 Å². The fourth-order valence-electron chi connectivity index (χ4n) is 1.38. The van der Waals surface area contributed by atoms with Gasteiger partial charge in [-0.2, -0.15) is 5.10 Å². The molecule has 0 amide bonds. The molecule has 5 nitrogen and oxygen atoms in total. The van der Waals surface area contributed by atoms with Crippen molar-refractivity contribution in [3.8, 4) is 5.69 Å². The number of hydrogen-bond donors (Lipinski definition) is 0. The van der Waals surface area contributed by atoms with Crippen molar-refractivity contribution in [1.82, 2.24) is 9.78 Å². The second-order valence-electron chi connectivity index (χ2n) is 3.38. The number of rotatable bonds is 3. The maximum atomic E-state index is 12.4. The van der Waals surface area contributed by atoms with Gasteiger partial charge in [-0.1, -0.05) is 11.6 Å². The highest BCUT2D eigenvalue weighted by Gasteiger charge is 2.15. The lowest BCUT2D eigenvalue weighted by Crippen LogP contribution is -1.98. The maximum Gasteiger partial charge on any atom is 0.282 e. The fourth-order valence-corrected chi connectivity index (χ4v) is 1.63. The number of non-ortho nitro benzene ring substituents is 1. The van der Waals surface area contributed by atoms with Crippen molar-refractivity contribution in [2.24, 2.45) is 0 Å². The van der Waals surface area contributed by atoms with Crippen LogP contribution < -0.4 is 0 Å². The Hall–Kier alpha value is -2.02. The van der Waals surface area contributed by atoms with Crippen LogP contribution in [0, 0.1) is 10.1 Å². The van der Waals surface area contributed by atoms with Crippen LogP contribution in [0.5, 0.6) is 0 Å². The molecular formula is C10H6ClF2N3O2. The van der Waals surface area contributed by atoms with E-state index in [9.17, 15) is 18.9 Å². The quantitative estimate of drug-likeness (QED) is 0.636. The Labute approximate surface area is 105 Å². The topological polar surface area (TPSA) is 61.0 Å². The van der Waals surface area contributed by atoms with Crippen molar-refractivity contribution in [3.63, 3.8) is 0 Å². The minimum atomic E-state index is -2.72. The molecule has 0 aliphatic rings. The van der Waals surface area contributed by atoms with Crippen molar-refractivity contribution >= 4 is 17.3 Å². The van der Waals surface area contributed by atoms with Gasteiger partial charge in [-0.05, 0) is 12.1 Å². The van der Waals surface area contributed by atoms with Crippen LogP contribution in [0.1, 0.15) is 12.1 Å². The first-order valence-electron chi connectivity index (χ1n) is 4.77. The van der Waals surface area contributed by atoms with Gasteiger partial charge in [0, 0.05) is 18.2 Å². The summed E-state index contributed by atoms with van der Waals surface area (Å²) >= 11 is 5.76. The molecule has 0 fully saturated rings. The Kier molecular flexibility index (Phi) is 3.24. The van der Waals surface area contributed by atoms with Gasteiger partial charge >= 0.3 is 0 Å². The number of aromatic nitrogens is 2. The first-order chi connectivity index (χ1) is 8.49. The van der Waals surface area contributed by atoms with Gasteiger partial charge in [-0.15, -0.1) is 0 Å². The molecule has 0 unspecified atom stereocenters. The highest BCUT2D eigenvalue weighted by atomic mass is 35.5. The summed E-state index contributed by atoms with van der Waals surface area (Å²) in [4.78, 5) is 9.91. The third-order valence-electron chi connectivity index (χ3n) is 2.21. The summed E-state index contributed by atoms with van der Waals surface area (Å²) in [6, 6.07) is 6.30. The van der Waals surface area contributed by atoms with E-state index in [0.29, 0.717) is 5.69 Å². The summed E-state index contributed by atoms with van der Waals surface area (Å²) in [5.41, 5.74) is -0.174. The maximum absolute atomic E-state index is 12.4. The second-order valence-corrected chi connectivity index (χ2v) is 3.77. The normalized spacial score (nSPS) is 10.9. The largest absolute Gasteiger partial charge is 0.282 e. The molecule has 0 spiro atoms. The summed E-state index contributed by atoms with van der Waals surface area (Å²) in [5, 5.41) is 14.1. The average Bonchev–Trinajstić information content (AvgIpc) is 2.71. The zero-order valence-electron chi connectivity index (χ0n) is 8.76. The van der Waals surface area contributed by atoms with E-state index < -0.39 is 17.0 Å². The highest BCUT2D eigenvalue weighted by Crippen LogP contribution is 2.24. The van der Waals surface area contributed by atoms with E-state index in [1.807, 2.05) is 0 Å². The third kappa shape index (κ3) is 2.30. The molecule has 0 radical (unpaired) electrons. The van der Waals surface area contributed by atoms with Gasteiger partial charge in [-0.3, -0.25) is 10.1 Å². The van der Waals surface area contributed by atoms with E-state index in [0.717, 1.165) is 10.7 Å². The van der Waals surface area contributed by atoms with Gasteiger partial charge in [0.2, 0.25) is 0 Å². The van der Waals surface area contributed by atoms with Crippen LogP contribution in [0.4, 0.5) is 14.5 Å². The third-order valence-corrected chi connectivity index (χ3v) is 2.48. The molecule has 0 aliphatic carbocycles. The van der Waals surface area contributed by atoms with Gasteiger partial charge in [-0.25, -0.2) is 13.5 Å². The zero-order valence-corrected chi connectivity index (χ0v) is 9.51. The lowest BCUT2D eigenvalue weighted by Gasteiger charge is -2.02. The van der Waals surface area contributed by atoms with Crippen LogP contribution >= 0.6 is 11.6 Å². The van der Waals surface area contributed by atoms with Crippen LogP contribution in [0.25, 0.3) is 5.69 Å². The summed E-state index contributed by atoms with van der Waals surface area (Å²) in [5.74, 6) is 0. The molecule has 94 valence electrons. The van der Waals surface area contributed by atoms with E-state index in [4.69, 9.17) is 11.6 Å². The van der Waals surface area contributed by atoms with Crippen molar-refractivity contribution < 1.29 is 13.7 Å². The van der Waals surface area contributed by atoms with Crippen LogP contribution in [-0.2, 0) is 0 Å². The molecule has 18 heavy (non-hydrogen) atoms. The van der Waals surface area contributed by atoms with E-state index in [1.165, 1.54) is 24.3 Å². The zero-order chi connectivity index (χ0) is 13.3. The predicted octanol–water partition coefficient (Wildman–Crippen LogP) is 3.37. The van der Waals surface area contributed by atoms with Crippen LogP contribution in [-0.4, -0.2) is 14.7 Å². The molecular weight excluding hydrogens is 268 g/mol. The number of nitrogens with zero attached hydrogens (tertiary/aromatic N) is 3. The van der Waals surface area contributed by atoms with Gasteiger partial charge in [0.15, 0.2) is 0 Å². The van der Waals surface area contributed by atoms with Gasteiger partial charge in [0.25, 0.3) is 12.1 Å². The number of halogens is 3. The Balaban J connectivity index is 2.39. The van der Waals surface area contributed by atoms with Crippen molar-refractivity contribution in [3.05, 3.63) is 51.3 Å². The lowest BCUT2D eigenvalue weighted by molar-refractivity contribution is -0.384. The van der Waals surface area contributed by atoms with Gasteiger partial charge < -0.3 is 0 Å². The van der Waals surface area contributed by atoms with Crippen molar-refractivity contribution in [2.75, 3.05) is 0 Å². The predicted molar refractivity (Wildman–Crippen MR) is 60.2 cm³/mol. The molecule has 0 bridgehead atoms. The van der Waals surface area contributed by atoms with Gasteiger partial charge in [0.05, 0.1) is 10.6 Å². The van der Waals surface area contributed by atoms with E-state index >= 15 is 0 Å². The minimum Gasteiger partial charge on any atom is -0.258 e. The van der Waals surface area contributed by atoms with Gasteiger partial charge in [0.1, 0.15) is 10.8 Å². The smallest absolute Gasteiger partial charge is 0.258 e. The summed E-state index contributed by atoms with van der Waals surface area (Å²) < 4.78 is 25.9. The van der Waals surface area contributed by atoms with E-state index in [2.05, 4.69) is 5.10 Å². The standard InChI is InChI=1S/C10H6ClF2N3O2/c11-9-5-8(10(12)13)14-15(9)6-1-3-7(4-2-6)16(17)18/h1-5,10H. The van der Waals surface area contributed by atoms with Crippen molar-refractivity contribution in [2.45, 2.75) is 6.43 Å². The molecule has 0 N–H and O–H groups in total. The molecule has 1 heterocycles. The summed E-state index contributed by atoms with van der Waals surface area (Å²) in [7, 11) is 0. The Bertz CT molecular complexity index is 583. The van der Waals surface area contributed by atoms with Crippen molar-refractivity contribution in [1.29, 1.82) is 0 Å². The highest BCUT2D eigenvalue weighted by molar-refractivity contribution is 6.29. The Morgan fingerprint density at radius 1 is 1.33 bits per heavy atom. The Morgan fingerprint density at radius 2 is 1.94 bits per heavy atom. The molecule has 1 aromatic heterocycles. The molecule has 0 saturated heterocycles. The molecule has 1 aromatic carbocycles. The summed E-state index contributed by atoms with van der Waals surface area (Å²) in [6.07, 6.45) is -2.72. The number of benzene rings is 1. The Morgan fingerprint density at radius 3 is 2.39 bits per heavy atom. The molecule has 0 aliphatic heterocycles. The first-order valence-corrected chi connectivity index (χ1v) is 5.15. The molecule has 8 heteroatoms. The summed E-state index contributed by atoms with van der Waals surface area (Å²) in [6.45, 7) is 0. The number of alkyl halides is 2. The lowest BCUT2D eigenvalue weighted by atomic mass is 10.3. The molecule has 2 aromatic rings. The number of hydrogen-bond acceptors (Lipinski definition) is 3. The second kappa shape index (κ2) is 4.69. The minimum absolute atomic E-state index is 0.0131. The average molecular weight is 274 g/mol. The first kappa shape index (κ1) is 12.4. The molecule has 0 saturated carbocycles. The van der Waals surface area contributed by atoms with E-state index in [-0.39, 0.29) is 10.8 Å². The molecule has 2 rings (SSSR count). The fraction of sp³-hybridized carbons (Fsp3) is 0.100. The monoisotopic (exact) mass is 273 g/mol. The van der Waals surface area contributed by atoms with Crippen LogP contribution in [0.2, 0.25) is 5.15 Å². The molecule has 0 atom stereocenters. The SMILES string of the molecule is O=[N+]([O-])c1ccc(-n2nc(C(F)F)cc2Cl)cc1.